The molecule has 0 N–H and O–H groups in total. The molecule has 0 spiro atoms. The second-order valence-corrected chi connectivity index (χ2v) is 4.21. The van der Waals surface area contributed by atoms with Gasteiger partial charge in [-0.1, -0.05) is 15.9 Å². The molecule has 2 rings (SSSR count). The highest BCUT2D eigenvalue weighted by molar-refractivity contribution is 9.09. The Hall–Kier alpha value is -0.640. The van der Waals surface area contributed by atoms with E-state index in [1.165, 1.54) is 6.07 Å². The average Bonchev–Trinajstić information content (AvgIpc) is 2.67. The Morgan fingerprint density at radius 2 is 2.50 bits per heavy atom. The molecule has 1 atom stereocenters. The molecule has 0 bridgehead atoms. The highest BCUT2D eigenvalue weighted by atomic mass is 79.9. The quantitative estimate of drug-likeness (QED) is 0.758. The first-order chi connectivity index (χ1) is 6.81. The molecule has 1 unspecified atom stereocenters. The predicted molar refractivity (Wildman–Crippen MR) is 58.3 cm³/mol. The lowest BCUT2D eigenvalue weighted by atomic mass is 10.2. The summed E-state index contributed by atoms with van der Waals surface area (Å²) < 4.78 is 13.4. The number of aromatic nitrogens is 1. The molecular formula is C10H12BrFN2. The van der Waals surface area contributed by atoms with E-state index in [2.05, 4.69) is 20.9 Å². The van der Waals surface area contributed by atoms with Crippen molar-refractivity contribution < 1.29 is 4.39 Å². The van der Waals surface area contributed by atoms with Gasteiger partial charge in [-0.3, -0.25) is 0 Å². The number of alkyl halides is 1. The van der Waals surface area contributed by atoms with Gasteiger partial charge in [-0.15, -0.1) is 0 Å². The van der Waals surface area contributed by atoms with Crippen LogP contribution in [0.1, 0.15) is 6.42 Å². The van der Waals surface area contributed by atoms with Crippen molar-refractivity contribution in [2.45, 2.75) is 6.42 Å². The Balaban J connectivity index is 2.13. The molecule has 1 saturated heterocycles. The molecule has 1 aromatic rings. The number of nitrogens with zero attached hydrogens (tertiary/aromatic N) is 2. The summed E-state index contributed by atoms with van der Waals surface area (Å²) in [7, 11) is 0. The molecule has 0 aromatic carbocycles. The first-order valence-corrected chi connectivity index (χ1v) is 5.85. The number of pyridine rings is 1. The summed E-state index contributed by atoms with van der Waals surface area (Å²) in [5.74, 6) is 0.898. The summed E-state index contributed by atoms with van der Waals surface area (Å²) in [6.45, 7) is 1.81. The van der Waals surface area contributed by atoms with Crippen LogP contribution in [-0.4, -0.2) is 23.4 Å². The van der Waals surface area contributed by atoms with Gasteiger partial charge in [-0.2, -0.15) is 0 Å². The number of halogens is 2. The predicted octanol–water partition coefficient (Wildman–Crippen LogP) is 2.44. The van der Waals surface area contributed by atoms with Crippen LogP contribution in [0.5, 0.6) is 0 Å². The Bertz CT molecular complexity index is 319. The van der Waals surface area contributed by atoms with Crippen molar-refractivity contribution in [1.82, 2.24) is 4.98 Å². The summed E-state index contributed by atoms with van der Waals surface area (Å²) >= 11 is 3.45. The van der Waals surface area contributed by atoms with Gasteiger partial charge >= 0.3 is 0 Å². The minimum atomic E-state index is -0.220. The van der Waals surface area contributed by atoms with E-state index in [0.29, 0.717) is 11.7 Å². The third kappa shape index (κ3) is 1.90. The summed E-state index contributed by atoms with van der Waals surface area (Å²) in [4.78, 5) is 6.08. The SMILES string of the molecule is Fc1cccnc1N1CCC(CBr)C1. The maximum absolute atomic E-state index is 13.4. The van der Waals surface area contributed by atoms with Gasteiger partial charge in [0.05, 0.1) is 0 Å². The van der Waals surface area contributed by atoms with Crippen LogP contribution < -0.4 is 4.90 Å². The van der Waals surface area contributed by atoms with Gasteiger partial charge in [0.1, 0.15) is 0 Å². The summed E-state index contributed by atoms with van der Waals surface area (Å²) in [6.07, 6.45) is 2.75. The second kappa shape index (κ2) is 4.26. The monoisotopic (exact) mass is 258 g/mol. The van der Waals surface area contributed by atoms with Crippen LogP contribution in [0.25, 0.3) is 0 Å². The topological polar surface area (TPSA) is 16.1 Å². The van der Waals surface area contributed by atoms with Gasteiger partial charge in [0, 0.05) is 24.6 Å². The number of rotatable bonds is 2. The van der Waals surface area contributed by atoms with Crippen molar-refractivity contribution in [2.75, 3.05) is 23.3 Å². The van der Waals surface area contributed by atoms with Crippen molar-refractivity contribution in [1.29, 1.82) is 0 Å². The minimum Gasteiger partial charge on any atom is -0.354 e. The van der Waals surface area contributed by atoms with Crippen LogP contribution in [0.4, 0.5) is 10.2 Å². The Morgan fingerprint density at radius 3 is 3.14 bits per heavy atom. The van der Waals surface area contributed by atoms with E-state index in [0.717, 1.165) is 24.8 Å². The summed E-state index contributed by atoms with van der Waals surface area (Å²) in [5, 5.41) is 0.984. The third-order valence-electron chi connectivity index (χ3n) is 2.54. The van der Waals surface area contributed by atoms with Gasteiger partial charge in [0.2, 0.25) is 0 Å². The molecule has 1 aliphatic heterocycles. The van der Waals surface area contributed by atoms with Crippen LogP contribution in [-0.2, 0) is 0 Å². The summed E-state index contributed by atoms with van der Waals surface area (Å²) in [5.41, 5.74) is 0. The number of anilines is 1. The van der Waals surface area contributed by atoms with E-state index in [-0.39, 0.29) is 5.82 Å². The van der Waals surface area contributed by atoms with Crippen LogP contribution in [0.2, 0.25) is 0 Å². The Labute approximate surface area is 91.3 Å². The van der Waals surface area contributed by atoms with Crippen LogP contribution in [0, 0.1) is 11.7 Å². The fourth-order valence-corrected chi connectivity index (χ4v) is 2.29. The van der Waals surface area contributed by atoms with E-state index >= 15 is 0 Å². The molecule has 1 fully saturated rings. The zero-order chi connectivity index (χ0) is 9.97. The molecule has 0 radical (unpaired) electrons. The molecule has 0 saturated carbocycles. The number of hydrogen-bond acceptors (Lipinski definition) is 2. The smallest absolute Gasteiger partial charge is 0.165 e. The molecule has 1 aromatic heterocycles. The average molecular weight is 259 g/mol. The molecule has 2 heterocycles. The lowest BCUT2D eigenvalue weighted by molar-refractivity contribution is 0.613. The largest absolute Gasteiger partial charge is 0.354 e. The molecular weight excluding hydrogens is 247 g/mol. The lowest BCUT2D eigenvalue weighted by Gasteiger charge is -2.17. The fraction of sp³-hybridized carbons (Fsp3) is 0.500. The van der Waals surface area contributed by atoms with Gasteiger partial charge in [-0.25, -0.2) is 9.37 Å². The third-order valence-corrected chi connectivity index (χ3v) is 3.46. The van der Waals surface area contributed by atoms with Gasteiger partial charge < -0.3 is 4.90 Å². The molecule has 14 heavy (non-hydrogen) atoms. The van der Waals surface area contributed by atoms with Crippen molar-refractivity contribution in [2.24, 2.45) is 5.92 Å². The Morgan fingerprint density at radius 1 is 1.64 bits per heavy atom. The van der Waals surface area contributed by atoms with E-state index in [9.17, 15) is 4.39 Å². The zero-order valence-corrected chi connectivity index (χ0v) is 9.37. The molecule has 76 valence electrons. The van der Waals surface area contributed by atoms with Crippen molar-refractivity contribution in [3.05, 3.63) is 24.1 Å². The van der Waals surface area contributed by atoms with Crippen molar-refractivity contribution in [3.63, 3.8) is 0 Å². The van der Waals surface area contributed by atoms with E-state index in [1.807, 2.05) is 4.90 Å². The first-order valence-electron chi connectivity index (χ1n) is 4.72. The van der Waals surface area contributed by atoms with E-state index in [4.69, 9.17) is 0 Å². The molecule has 2 nitrogen and oxygen atoms in total. The van der Waals surface area contributed by atoms with Gasteiger partial charge in [0.25, 0.3) is 0 Å². The standard InChI is InChI=1S/C10H12BrFN2/c11-6-8-3-5-14(7-8)10-9(12)2-1-4-13-10/h1-2,4,8H,3,5-7H2. The van der Waals surface area contributed by atoms with Crippen molar-refractivity contribution >= 4 is 21.7 Å². The fourth-order valence-electron chi connectivity index (χ4n) is 1.76. The maximum Gasteiger partial charge on any atom is 0.165 e. The molecule has 4 heteroatoms. The van der Waals surface area contributed by atoms with Gasteiger partial charge in [-0.05, 0) is 24.5 Å². The molecule has 0 amide bonds. The van der Waals surface area contributed by atoms with Crippen LogP contribution in [0.15, 0.2) is 18.3 Å². The lowest BCUT2D eigenvalue weighted by Crippen LogP contribution is -2.22. The normalized spacial score (nSPS) is 21.6. The maximum atomic E-state index is 13.4. The van der Waals surface area contributed by atoms with Crippen LogP contribution >= 0.6 is 15.9 Å². The minimum absolute atomic E-state index is 0.220. The molecule has 1 aliphatic rings. The number of hydrogen-bond donors (Lipinski definition) is 0. The van der Waals surface area contributed by atoms with E-state index in [1.54, 1.807) is 12.3 Å². The first kappa shape index (κ1) is 9.90. The highest BCUT2D eigenvalue weighted by Gasteiger charge is 2.24. The second-order valence-electron chi connectivity index (χ2n) is 3.56. The molecule has 0 aliphatic carbocycles. The summed E-state index contributed by atoms with van der Waals surface area (Å²) in [6, 6.07) is 3.08. The zero-order valence-electron chi connectivity index (χ0n) is 7.79. The van der Waals surface area contributed by atoms with Gasteiger partial charge in [0.15, 0.2) is 11.6 Å². The Kier molecular flexibility index (Phi) is 3.01. The van der Waals surface area contributed by atoms with Crippen LogP contribution in [0.3, 0.4) is 0 Å². The van der Waals surface area contributed by atoms with Crippen molar-refractivity contribution in [3.8, 4) is 0 Å². The van der Waals surface area contributed by atoms with E-state index < -0.39 is 0 Å². The highest BCUT2D eigenvalue weighted by Crippen LogP contribution is 2.24.